The normalized spacial score (nSPS) is 11.9. The van der Waals surface area contributed by atoms with Crippen LogP contribution in [0.1, 0.15) is 29.2 Å². The number of nitrogens with one attached hydrogen (secondary N) is 1. The first kappa shape index (κ1) is 31.8. The monoisotopic (exact) mass is 617 g/mol. The average Bonchev–Trinajstić information content (AvgIpc) is 2.99. The lowest BCUT2D eigenvalue weighted by atomic mass is 10.0. The third-order valence-electron chi connectivity index (χ3n) is 7.03. The van der Waals surface area contributed by atoms with Crippen molar-refractivity contribution in [3.05, 3.63) is 130 Å². The van der Waals surface area contributed by atoms with Crippen LogP contribution < -0.4 is 9.62 Å². The van der Waals surface area contributed by atoms with Crippen molar-refractivity contribution in [2.24, 2.45) is 0 Å². The van der Waals surface area contributed by atoms with Gasteiger partial charge in [-0.15, -0.1) is 0 Å². The fourth-order valence-corrected chi connectivity index (χ4v) is 6.61. The van der Waals surface area contributed by atoms with Gasteiger partial charge in [-0.25, -0.2) is 8.42 Å². The summed E-state index contributed by atoms with van der Waals surface area (Å²) in [5.74, 6) is -0.874. The van der Waals surface area contributed by atoms with E-state index in [0.717, 1.165) is 21.0 Å². The fraction of sp³-hybridized carbons (Fsp3) is 0.235. The number of rotatable bonds is 12. The zero-order valence-electron chi connectivity index (χ0n) is 24.5. The minimum Gasteiger partial charge on any atom is -0.355 e. The predicted molar refractivity (Wildman–Crippen MR) is 172 cm³/mol. The predicted octanol–water partition coefficient (Wildman–Crippen LogP) is 5.93. The third kappa shape index (κ3) is 8.03. The van der Waals surface area contributed by atoms with E-state index in [2.05, 4.69) is 5.32 Å². The Hall–Kier alpha value is -4.14. The number of carbonyl (C=O) groups excluding carboxylic acids is 2. The van der Waals surface area contributed by atoms with Gasteiger partial charge in [0.2, 0.25) is 11.8 Å². The number of amides is 2. The summed E-state index contributed by atoms with van der Waals surface area (Å²) in [6.07, 6.45) is 0.234. The Kier molecular flexibility index (Phi) is 10.6. The highest BCUT2D eigenvalue weighted by atomic mass is 35.5. The number of sulfonamides is 1. The van der Waals surface area contributed by atoms with Crippen LogP contribution in [0.3, 0.4) is 0 Å². The first-order valence-electron chi connectivity index (χ1n) is 14.1. The molecule has 1 atom stereocenters. The Morgan fingerprint density at radius 3 is 2.02 bits per heavy atom. The second-order valence-electron chi connectivity index (χ2n) is 10.4. The third-order valence-corrected chi connectivity index (χ3v) is 9.18. The van der Waals surface area contributed by atoms with Crippen LogP contribution in [0, 0.1) is 13.8 Å². The van der Waals surface area contributed by atoms with Crippen LogP contribution in [0.5, 0.6) is 0 Å². The highest BCUT2D eigenvalue weighted by Crippen LogP contribution is 2.27. The van der Waals surface area contributed by atoms with E-state index < -0.39 is 28.5 Å². The maximum atomic E-state index is 14.4. The summed E-state index contributed by atoms with van der Waals surface area (Å²) in [4.78, 5) is 29.5. The number of nitrogens with zero attached hydrogens (tertiary/aromatic N) is 2. The Morgan fingerprint density at radius 1 is 0.837 bits per heavy atom. The van der Waals surface area contributed by atoms with Crippen molar-refractivity contribution in [2.75, 3.05) is 17.4 Å². The van der Waals surface area contributed by atoms with E-state index in [0.29, 0.717) is 22.8 Å². The molecular formula is C34H36ClN3O4S. The second kappa shape index (κ2) is 14.4. The van der Waals surface area contributed by atoms with Gasteiger partial charge in [0.25, 0.3) is 10.0 Å². The molecule has 7 nitrogen and oxygen atoms in total. The van der Waals surface area contributed by atoms with Crippen molar-refractivity contribution in [3.8, 4) is 0 Å². The first-order chi connectivity index (χ1) is 20.6. The molecule has 0 bridgehead atoms. The number of halogens is 1. The maximum Gasteiger partial charge on any atom is 0.264 e. The average molecular weight is 618 g/mol. The summed E-state index contributed by atoms with van der Waals surface area (Å²) < 4.78 is 29.3. The zero-order valence-corrected chi connectivity index (χ0v) is 26.1. The summed E-state index contributed by atoms with van der Waals surface area (Å²) in [6, 6.07) is 29.1. The molecule has 9 heteroatoms. The maximum absolute atomic E-state index is 14.4. The highest BCUT2D eigenvalue weighted by Gasteiger charge is 2.34. The Morgan fingerprint density at radius 2 is 1.42 bits per heavy atom. The lowest BCUT2D eigenvalue weighted by Gasteiger charge is -2.34. The van der Waals surface area contributed by atoms with E-state index in [1.807, 2.05) is 63.2 Å². The molecule has 0 spiro atoms. The summed E-state index contributed by atoms with van der Waals surface area (Å²) >= 11 is 6.52. The van der Waals surface area contributed by atoms with E-state index in [1.165, 1.54) is 17.0 Å². The first-order valence-corrected chi connectivity index (χ1v) is 15.9. The topological polar surface area (TPSA) is 86.8 Å². The van der Waals surface area contributed by atoms with E-state index in [4.69, 9.17) is 11.6 Å². The lowest BCUT2D eigenvalue weighted by molar-refractivity contribution is -0.140. The van der Waals surface area contributed by atoms with Gasteiger partial charge in [0.05, 0.1) is 10.6 Å². The van der Waals surface area contributed by atoms with Crippen LogP contribution in [0.2, 0.25) is 5.02 Å². The highest BCUT2D eigenvalue weighted by molar-refractivity contribution is 7.92. The number of benzene rings is 4. The summed E-state index contributed by atoms with van der Waals surface area (Å²) in [5, 5.41) is 3.30. The molecule has 0 aromatic heterocycles. The molecule has 0 aliphatic rings. The minimum absolute atomic E-state index is 0.0131. The number of likely N-dealkylation sites (N-methyl/N-ethyl adjacent to an activating group) is 1. The van der Waals surface area contributed by atoms with Gasteiger partial charge >= 0.3 is 0 Å². The SMILES string of the molecule is CCNC(=O)C(Cc1ccccc1)N(Cc1ccccc1Cl)C(=O)CN(c1cc(C)cc(C)c1)S(=O)(=O)c1ccccc1. The molecular weight excluding hydrogens is 582 g/mol. The molecule has 224 valence electrons. The Bertz CT molecular complexity index is 1640. The van der Waals surface area contributed by atoms with E-state index >= 15 is 0 Å². The van der Waals surface area contributed by atoms with Crippen molar-refractivity contribution in [3.63, 3.8) is 0 Å². The standard InChI is InChI=1S/C34H36ClN3O4S/c1-4-36-34(40)32(22-27-13-7-5-8-14-27)37(23-28-15-11-12-18-31(28)35)33(39)24-38(29-20-25(2)19-26(3)21-29)43(41,42)30-16-9-6-10-17-30/h5-21,32H,4,22-24H2,1-3H3,(H,36,40). The van der Waals surface area contributed by atoms with E-state index in [9.17, 15) is 18.0 Å². The van der Waals surface area contributed by atoms with Gasteiger partial charge in [0.15, 0.2) is 0 Å². The molecule has 4 rings (SSSR count). The van der Waals surface area contributed by atoms with Crippen LogP contribution in [-0.2, 0) is 32.6 Å². The molecule has 0 radical (unpaired) electrons. The molecule has 0 saturated heterocycles. The molecule has 4 aromatic carbocycles. The lowest BCUT2D eigenvalue weighted by Crippen LogP contribution is -2.53. The number of hydrogen-bond acceptors (Lipinski definition) is 4. The summed E-state index contributed by atoms with van der Waals surface area (Å²) in [7, 11) is -4.15. The minimum atomic E-state index is -4.15. The molecule has 0 aliphatic carbocycles. The molecule has 0 saturated carbocycles. The molecule has 4 aromatic rings. The molecule has 2 amide bonds. The largest absolute Gasteiger partial charge is 0.355 e. The molecule has 1 unspecified atom stereocenters. The Labute approximate surface area is 259 Å². The number of hydrogen-bond donors (Lipinski definition) is 1. The van der Waals surface area contributed by atoms with E-state index in [-0.39, 0.29) is 23.8 Å². The number of carbonyl (C=O) groups is 2. The van der Waals surface area contributed by atoms with Gasteiger partial charge < -0.3 is 10.2 Å². The van der Waals surface area contributed by atoms with Crippen molar-refractivity contribution in [1.82, 2.24) is 10.2 Å². The second-order valence-corrected chi connectivity index (χ2v) is 12.7. The van der Waals surface area contributed by atoms with Gasteiger partial charge in [-0.3, -0.25) is 13.9 Å². The quantitative estimate of drug-likeness (QED) is 0.214. The number of anilines is 1. The van der Waals surface area contributed by atoms with Crippen LogP contribution in [0.25, 0.3) is 0 Å². The van der Waals surface area contributed by atoms with Crippen molar-refractivity contribution < 1.29 is 18.0 Å². The number of aryl methyl sites for hydroxylation is 2. The van der Waals surface area contributed by atoms with Gasteiger partial charge in [-0.2, -0.15) is 0 Å². The zero-order chi connectivity index (χ0) is 31.0. The van der Waals surface area contributed by atoms with Crippen LogP contribution >= 0.6 is 11.6 Å². The van der Waals surface area contributed by atoms with Crippen LogP contribution in [0.15, 0.2) is 108 Å². The van der Waals surface area contributed by atoms with Crippen LogP contribution in [-0.4, -0.2) is 44.3 Å². The summed E-state index contributed by atoms with van der Waals surface area (Å²) in [6.45, 7) is 5.43. The smallest absolute Gasteiger partial charge is 0.264 e. The fourth-order valence-electron chi connectivity index (χ4n) is 5.00. The Balaban J connectivity index is 1.82. The van der Waals surface area contributed by atoms with Gasteiger partial charge in [0, 0.05) is 24.5 Å². The summed E-state index contributed by atoms with van der Waals surface area (Å²) in [5.41, 5.74) is 3.58. The van der Waals surface area contributed by atoms with Crippen molar-refractivity contribution >= 4 is 39.1 Å². The van der Waals surface area contributed by atoms with Crippen molar-refractivity contribution in [2.45, 2.75) is 44.7 Å². The van der Waals surface area contributed by atoms with Gasteiger partial charge in [-0.05, 0) is 73.4 Å². The molecule has 1 N–H and O–H groups in total. The van der Waals surface area contributed by atoms with Gasteiger partial charge in [-0.1, -0.05) is 84.4 Å². The molecule has 0 fully saturated rings. The molecule has 43 heavy (non-hydrogen) atoms. The molecule has 0 aliphatic heterocycles. The van der Waals surface area contributed by atoms with Crippen molar-refractivity contribution in [1.29, 1.82) is 0 Å². The molecule has 0 heterocycles. The van der Waals surface area contributed by atoms with E-state index in [1.54, 1.807) is 48.5 Å². The van der Waals surface area contributed by atoms with Crippen LogP contribution in [0.4, 0.5) is 5.69 Å². The van der Waals surface area contributed by atoms with Gasteiger partial charge in [0.1, 0.15) is 12.6 Å².